The van der Waals surface area contributed by atoms with E-state index in [1.54, 1.807) is 0 Å². The highest BCUT2D eigenvalue weighted by Crippen LogP contribution is 2.37. The molecule has 2 rings (SSSR count). The first-order valence-electron chi connectivity index (χ1n) is 9.32. The molecular weight excluding hydrogens is 510 g/mol. The van der Waals surface area contributed by atoms with E-state index in [4.69, 9.17) is 37.4 Å². The summed E-state index contributed by atoms with van der Waals surface area (Å²) in [6, 6.07) is 5.51. The number of alkyl halides is 4. The van der Waals surface area contributed by atoms with Gasteiger partial charge in [-0.2, -0.15) is 13.2 Å². The quantitative estimate of drug-likeness (QED) is 0.132. The number of hydrogen-bond acceptors (Lipinski definition) is 8. The van der Waals surface area contributed by atoms with Crippen LogP contribution >= 0.6 is 23.2 Å². The van der Waals surface area contributed by atoms with Crippen molar-refractivity contribution in [2.75, 3.05) is 32.3 Å². The van der Waals surface area contributed by atoms with E-state index in [1.165, 1.54) is 0 Å². The van der Waals surface area contributed by atoms with Gasteiger partial charge in [0.25, 0.3) is 5.69 Å². The van der Waals surface area contributed by atoms with Crippen LogP contribution in [0.25, 0.3) is 0 Å². The molecule has 0 heterocycles. The maximum absolute atomic E-state index is 12.8. The number of rotatable bonds is 11. The normalized spacial score (nSPS) is 11.1. The third-order valence-corrected chi connectivity index (χ3v) is 4.45. The van der Waals surface area contributed by atoms with Crippen LogP contribution in [0.2, 0.25) is 5.02 Å². The highest BCUT2D eigenvalue weighted by atomic mass is 35.5. The van der Waals surface area contributed by atoms with E-state index in [0.29, 0.717) is 6.07 Å². The number of esters is 2. The van der Waals surface area contributed by atoms with Crippen molar-refractivity contribution in [2.24, 2.45) is 0 Å². The molecule has 0 N–H and O–H groups in total. The van der Waals surface area contributed by atoms with Crippen LogP contribution in [0.4, 0.5) is 18.9 Å². The fraction of sp³-hybridized carbons (Fsp3) is 0.300. The first kappa shape index (κ1) is 27.2. The predicted octanol–water partition coefficient (Wildman–Crippen LogP) is 5.01. The maximum Gasteiger partial charge on any atom is 0.416 e. The van der Waals surface area contributed by atoms with Crippen molar-refractivity contribution >= 4 is 40.8 Å². The highest BCUT2D eigenvalue weighted by Gasteiger charge is 2.31. The van der Waals surface area contributed by atoms with E-state index >= 15 is 0 Å². The Balaban J connectivity index is 2.03. The lowest BCUT2D eigenvalue weighted by molar-refractivity contribution is -0.385. The van der Waals surface area contributed by atoms with Crippen LogP contribution in [0.1, 0.15) is 15.9 Å². The van der Waals surface area contributed by atoms with Crippen molar-refractivity contribution in [3.63, 3.8) is 0 Å². The Bertz CT molecular complexity index is 1050. The molecule has 0 atom stereocenters. The zero-order valence-corrected chi connectivity index (χ0v) is 18.6. The Morgan fingerprint density at radius 2 is 1.68 bits per heavy atom. The third-order valence-electron chi connectivity index (χ3n) is 3.93. The van der Waals surface area contributed by atoms with Crippen LogP contribution < -0.4 is 4.74 Å². The van der Waals surface area contributed by atoms with Crippen LogP contribution in [0.5, 0.6) is 11.5 Å². The van der Waals surface area contributed by atoms with E-state index in [1.807, 2.05) is 0 Å². The van der Waals surface area contributed by atoms with Crippen LogP contribution in [-0.2, 0) is 25.2 Å². The molecule has 0 saturated heterocycles. The number of carbonyl (C=O) groups excluding carboxylic acids is 2. The van der Waals surface area contributed by atoms with Crippen molar-refractivity contribution in [3.8, 4) is 11.5 Å². The van der Waals surface area contributed by atoms with E-state index in [0.717, 1.165) is 30.3 Å². The van der Waals surface area contributed by atoms with Gasteiger partial charge in [0.1, 0.15) is 36.2 Å². The van der Waals surface area contributed by atoms with Gasteiger partial charge in [-0.15, -0.1) is 11.6 Å². The standard InChI is InChI=1S/C20H16Cl2F3NO8/c21-11-18(27)32-7-5-31-6-8-33-19(28)14-10-13(2-3-16(14)26(29)30)34-17-4-1-12(9-15(17)22)20(23,24)25/h1-4,9-10H,5-8,11H2. The number of benzene rings is 2. The fourth-order valence-corrected chi connectivity index (χ4v) is 2.71. The number of ether oxygens (including phenoxy) is 4. The largest absolute Gasteiger partial charge is 0.462 e. The molecule has 34 heavy (non-hydrogen) atoms. The number of carbonyl (C=O) groups is 2. The molecule has 0 aliphatic heterocycles. The molecule has 0 spiro atoms. The van der Waals surface area contributed by atoms with Gasteiger partial charge in [-0.1, -0.05) is 11.6 Å². The summed E-state index contributed by atoms with van der Waals surface area (Å²) in [5.74, 6) is -2.25. The SMILES string of the molecule is O=C(CCl)OCCOCCOC(=O)c1cc(Oc2ccc(C(F)(F)F)cc2Cl)ccc1[N+](=O)[O-]. The molecule has 0 bridgehead atoms. The van der Waals surface area contributed by atoms with E-state index in [-0.39, 0.29) is 48.8 Å². The molecule has 0 unspecified atom stereocenters. The number of nitrogens with zero attached hydrogens (tertiary/aromatic N) is 1. The molecule has 0 amide bonds. The smallest absolute Gasteiger partial charge is 0.416 e. The Morgan fingerprint density at radius 3 is 2.26 bits per heavy atom. The number of halogens is 5. The minimum Gasteiger partial charge on any atom is -0.462 e. The van der Waals surface area contributed by atoms with Gasteiger partial charge < -0.3 is 18.9 Å². The molecule has 0 fully saturated rings. The summed E-state index contributed by atoms with van der Waals surface area (Å²) in [6.45, 7) is -0.404. The molecule has 0 aromatic heterocycles. The molecular formula is C20H16Cl2F3NO8. The van der Waals surface area contributed by atoms with Crippen molar-refractivity contribution in [3.05, 3.63) is 62.7 Å². The third kappa shape index (κ3) is 8.04. The van der Waals surface area contributed by atoms with Gasteiger partial charge in [-0.05, 0) is 24.3 Å². The average Bonchev–Trinajstić information content (AvgIpc) is 2.78. The molecule has 2 aromatic carbocycles. The van der Waals surface area contributed by atoms with Gasteiger partial charge in [0.15, 0.2) is 0 Å². The number of nitro benzene ring substituents is 1. The molecule has 9 nitrogen and oxygen atoms in total. The van der Waals surface area contributed by atoms with Crippen molar-refractivity contribution in [1.82, 2.24) is 0 Å². The Hall–Kier alpha value is -3.09. The maximum atomic E-state index is 12.8. The topological polar surface area (TPSA) is 114 Å². The fourth-order valence-electron chi connectivity index (χ4n) is 2.41. The first-order chi connectivity index (χ1) is 16.0. The Labute approximate surface area is 200 Å². The molecule has 0 radical (unpaired) electrons. The predicted molar refractivity (Wildman–Crippen MR) is 112 cm³/mol. The highest BCUT2D eigenvalue weighted by molar-refractivity contribution is 6.32. The molecule has 0 aliphatic carbocycles. The van der Waals surface area contributed by atoms with Gasteiger partial charge >= 0.3 is 18.1 Å². The molecule has 14 heteroatoms. The zero-order chi connectivity index (χ0) is 25.3. The molecule has 184 valence electrons. The van der Waals surface area contributed by atoms with Crippen LogP contribution in [0.15, 0.2) is 36.4 Å². The lowest BCUT2D eigenvalue weighted by Crippen LogP contribution is -2.15. The summed E-state index contributed by atoms with van der Waals surface area (Å²) in [5, 5.41) is 10.9. The number of hydrogen-bond donors (Lipinski definition) is 0. The van der Waals surface area contributed by atoms with Crippen LogP contribution in [0, 0.1) is 10.1 Å². The van der Waals surface area contributed by atoms with Crippen LogP contribution in [-0.4, -0.2) is 49.2 Å². The van der Waals surface area contributed by atoms with Gasteiger partial charge in [0, 0.05) is 12.1 Å². The summed E-state index contributed by atoms with van der Waals surface area (Å²) >= 11 is 11.1. The average molecular weight is 526 g/mol. The van der Waals surface area contributed by atoms with Crippen molar-refractivity contribution in [1.29, 1.82) is 0 Å². The summed E-state index contributed by atoms with van der Waals surface area (Å²) < 4.78 is 58.4. The minimum atomic E-state index is -4.61. The van der Waals surface area contributed by atoms with Gasteiger partial charge in [-0.25, -0.2) is 4.79 Å². The zero-order valence-electron chi connectivity index (χ0n) is 17.1. The van der Waals surface area contributed by atoms with Crippen LogP contribution in [0.3, 0.4) is 0 Å². The second-order valence-corrected chi connectivity index (χ2v) is 6.96. The molecule has 0 aliphatic rings. The first-order valence-corrected chi connectivity index (χ1v) is 10.2. The Morgan fingerprint density at radius 1 is 1.00 bits per heavy atom. The van der Waals surface area contributed by atoms with Gasteiger partial charge in [-0.3, -0.25) is 14.9 Å². The second kappa shape index (κ2) is 12.4. The lowest BCUT2D eigenvalue weighted by Gasteiger charge is -2.12. The van der Waals surface area contributed by atoms with E-state index < -0.39 is 39.9 Å². The lowest BCUT2D eigenvalue weighted by atomic mass is 10.1. The monoisotopic (exact) mass is 525 g/mol. The summed E-state index contributed by atoms with van der Waals surface area (Å²) in [5.41, 5.74) is -2.02. The Kier molecular flexibility index (Phi) is 9.90. The van der Waals surface area contributed by atoms with Gasteiger partial charge in [0.05, 0.1) is 28.7 Å². The van der Waals surface area contributed by atoms with Crippen molar-refractivity contribution in [2.45, 2.75) is 6.18 Å². The van der Waals surface area contributed by atoms with Gasteiger partial charge in [0.2, 0.25) is 0 Å². The molecule has 0 saturated carbocycles. The number of nitro groups is 1. The molecule has 2 aromatic rings. The van der Waals surface area contributed by atoms with E-state index in [9.17, 15) is 32.9 Å². The van der Waals surface area contributed by atoms with Crippen molar-refractivity contribution < 1.29 is 46.6 Å². The summed E-state index contributed by atoms with van der Waals surface area (Å²) in [6.07, 6.45) is -4.61. The minimum absolute atomic E-state index is 0.0114. The summed E-state index contributed by atoms with van der Waals surface area (Å²) in [4.78, 5) is 33.6. The summed E-state index contributed by atoms with van der Waals surface area (Å²) in [7, 11) is 0. The van der Waals surface area contributed by atoms with E-state index in [2.05, 4.69) is 4.74 Å². The second-order valence-electron chi connectivity index (χ2n) is 6.28.